The van der Waals surface area contributed by atoms with Gasteiger partial charge in [0.25, 0.3) is 0 Å². The molecule has 0 aliphatic heterocycles. The summed E-state index contributed by atoms with van der Waals surface area (Å²) in [6.07, 6.45) is 3.63. The largest absolute Gasteiger partial charge is 0.309 e. The van der Waals surface area contributed by atoms with Gasteiger partial charge in [0.1, 0.15) is 0 Å². The molecular formula is C17H22N2S. The fraction of sp³-hybridized carbons (Fsp3) is 0.471. The summed E-state index contributed by atoms with van der Waals surface area (Å²) in [5.74, 6) is 0.506. The van der Waals surface area contributed by atoms with Crippen LogP contribution in [-0.4, -0.2) is 11.0 Å². The van der Waals surface area contributed by atoms with Crippen LogP contribution in [0, 0.1) is 0 Å². The summed E-state index contributed by atoms with van der Waals surface area (Å²) in [6.45, 7) is 5.47. The molecule has 2 nitrogen and oxygen atoms in total. The van der Waals surface area contributed by atoms with Gasteiger partial charge < -0.3 is 5.32 Å². The van der Waals surface area contributed by atoms with Gasteiger partial charge in [-0.1, -0.05) is 44.2 Å². The fourth-order valence-corrected chi connectivity index (χ4v) is 3.57. The van der Waals surface area contributed by atoms with E-state index < -0.39 is 0 Å². The first-order valence-corrected chi connectivity index (χ1v) is 8.30. The molecule has 0 amide bonds. The van der Waals surface area contributed by atoms with Crippen molar-refractivity contribution in [2.75, 3.05) is 0 Å². The maximum Gasteiger partial charge on any atom is 0.0975 e. The van der Waals surface area contributed by atoms with Gasteiger partial charge in [-0.15, -0.1) is 11.3 Å². The number of nitrogens with one attached hydrogen (secondary N) is 1. The second-order valence-electron chi connectivity index (χ2n) is 5.89. The summed E-state index contributed by atoms with van der Waals surface area (Å²) >= 11 is 1.88. The second-order valence-corrected chi connectivity index (χ2v) is 7.06. The molecule has 0 bridgehead atoms. The molecule has 20 heavy (non-hydrogen) atoms. The Morgan fingerprint density at radius 3 is 2.65 bits per heavy atom. The molecule has 3 rings (SSSR count). The topological polar surface area (TPSA) is 24.9 Å². The third-order valence-electron chi connectivity index (χ3n) is 3.65. The standard InChI is InChI=1S/C17H22N2S/c1-12(2)17-15(11-18-14-8-9-14)20-16(19-17)10-13-6-4-3-5-7-13/h3-7,12,14,18H,8-11H2,1-2H3. The lowest BCUT2D eigenvalue weighted by molar-refractivity contribution is 0.680. The van der Waals surface area contributed by atoms with Crippen LogP contribution in [0.2, 0.25) is 0 Å². The van der Waals surface area contributed by atoms with Crippen molar-refractivity contribution in [1.82, 2.24) is 10.3 Å². The van der Waals surface area contributed by atoms with Gasteiger partial charge in [-0.25, -0.2) is 4.98 Å². The summed E-state index contributed by atoms with van der Waals surface area (Å²) in [5, 5.41) is 4.86. The SMILES string of the molecule is CC(C)c1nc(Cc2ccccc2)sc1CNC1CC1. The van der Waals surface area contributed by atoms with E-state index in [-0.39, 0.29) is 0 Å². The van der Waals surface area contributed by atoms with Crippen molar-refractivity contribution in [3.05, 3.63) is 51.5 Å². The van der Waals surface area contributed by atoms with Gasteiger partial charge in [-0.3, -0.25) is 0 Å². The lowest BCUT2D eigenvalue weighted by atomic mass is 10.1. The molecule has 1 aromatic carbocycles. The van der Waals surface area contributed by atoms with Crippen LogP contribution in [-0.2, 0) is 13.0 Å². The quantitative estimate of drug-likeness (QED) is 0.864. The number of benzene rings is 1. The monoisotopic (exact) mass is 286 g/mol. The van der Waals surface area contributed by atoms with E-state index in [1.54, 1.807) is 0 Å². The first-order chi connectivity index (χ1) is 9.72. The molecule has 0 saturated heterocycles. The Hall–Kier alpha value is -1.19. The predicted molar refractivity (Wildman–Crippen MR) is 85.3 cm³/mol. The molecule has 3 heteroatoms. The van der Waals surface area contributed by atoms with Crippen molar-refractivity contribution in [1.29, 1.82) is 0 Å². The zero-order valence-electron chi connectivity index (χ0n) is 12.2. The van der Waals surface area contributed by atoms with Crippen LogP contribution in [0.5, 0.6) is 0 Å². The highest BCUT2D eigenvalue weighted by Gasteiger charge is 2.22. The minimum atomic E-state index is 0.506. The highest BCUT2D eigenvalue weighted by molar-refractivity contribution is 7.11. The normalized spacial score (nSPS) is 14.9. The van der Waals surface area contributed by atoms with Gasteiger partial charge in [-0.2, -0.15) is 0 Å². The number of aromatic nitrogens is 1. The molecule has 0 spiro atoms. The Morgan fingerprint density at radius 1 is 1.25 bits per heavy atom. The van der Waals surface area contributed by atoms with Gasteiger partial charge >= 0.3 is 0 Å². The fourth-order valence-electron chi connectivity index (χ4n) is 2.36. The van der Waals surface area contributed by atoms with Gasteiger partial charge in [0.2, 0.25) is 0 Å². The van der Waals surface area contributed by atoms with E-state index in [1.807, 2.05) is 11.3 Å². The Morgan fingerprint density at radius 2 is 2.00 bits per heavy atom. The van der Waals surface area contributed by atoms with E-state index in [9.17, 15) is 0 Å². The highest BCUT2D eigenvalue weighted by atomic mass is 32.1. The zero-order valence-corrected chi connectivity index (χ0v) is 13.0. The van der Waals surface area contributed by atoms with Crippen LogP contribution >= 0.6 is 11.3 Å². The summed E-state index contributed by atoms with van der Waals surface area (Å²) in [5.41, 5.74) is 2.63. The van der Waals surface area contributed by atoms with Crippen molar-refractivity contribution in [2.45, 2.75) is 51.6 Å². The molecule has 1 saturated carbocycles. The van der Waals surface area contributed by atoms with Crippen LogP contribution in [0.3, 0.4) is 0 Å². The smallest absolute Gasteiger partial charge is 0.0975 e. The predicted octanol–water partition coefficient (Wildman–Crippen LogP) is 4.11. The molecular weight excluding hydrogens is 264 g/mol. The van der Waals surface area contributed by atoms with Crippen molar-refractivity contribution in [2.24, 2.45) is 0 Å². The van der Waals surface area contributed by atoms with Gasteiger partial charge in [-0.05, 0) is 24.3 Å². The van der Waals surface area contributed by atoms with Gasteiger partial charge in [0.05, 0.1) is 10.7 Å². The lowest BCUT2D eigenvalue weighted by Gasteiger charge is -2.05. The van der Waals surface area contributed by atoms with Gasteiger partial charge in [0, 0.05) is 23.9 Å². The van der Waals surface area contributed by atoms with E-state index in [0.29, 0.717) is 5.92 Å². The maximum atomic E-state index is 4.88. The lowest BCUT2D eigenvalue weighted by Crippen LogP contribution is -2.15. The van der Waals surface area contributed by atoms with Gasteiger partial charge in [0.15, 0.2) is 0 Å². The molecule has 2 aromatic rings. The van der Waals surface area contributed by atoms with Crippen LogP contribution in [0.4, 0.5) is 0 Å². The zero-order chi connectivity index (χ0) is 13.9. The molecule has 1 aromatic heterocycles. The number of hydrogen-bond donors (Lipinski definition) is 1. The van der Waals surface area contributed by atoms with Crippen LogP contribution in [0.15, 0.2) is 30.3 Å². The average molecular weight is 286 g/mol. The summed E-state index contributed by atoms with van der Waals surface area (Å²) in [7, 11) is 0. The summed E-state index contributed by atoms with van der Waals surface area (Å²) < 4.78 is 0. The molecule has 106 valence electrons. The molecule has 1 aliphatic carbocycles. The average Bonchev–Trinajstić information content (AvgIpc) is 3.18. The molecule has 1 N–H and O–H groups in total. The van der Waals surface area contributed by atoms with Crippen molar-refractivity contribution >= 4 is 11.3 Å². The van der Waals surface area contributed by atoms with E-state index in [2.05, 4.69) is 49.5 Å². The molecule has 1 fully saturated rings. The third kappa shape index (κ3) is 3.47. The molecule has 0 atom stereocenters. The van der Waals surface area contributed by atoms with E-state index >= 15 is 0 Å². The minimum Gasteiger partial charge on any atom is -0.309 e. The Bertz CT molecular complexity index is 556. The highest BCUT2D eigenvalue weighted by Crippen LogP contribution is 2.28. The van der Waals surface area contributed by atoms with E-state index in [0.717, 1.165) is 19.0 Å². The first-order valence-electron chi connectivity index (χ1n) is 7.48. The molecule has 0 unspecified atom stereocenters. The Kier molecular flexibility index (Phi) is 4.18. The second kappa shape index (κ2) is 6.06. The van der Waals surface area contributed by atoms with Crippen LogP contribution in [0.25, 0.3) is 0 Å². The summed E-state index contributed by atoms with van der Waals surface area (Å²) in [6, 6.07) is 11.4. The van der Waals surface area contributed by atoms with Crippen molar-refractivity contribution in [3.63, 3.8) is 0 Å². The third-order valence-corrected chi connectivity index (χ3v) is 4.72. The first kappa shape index (κ1) is 13.8. The minimum absolute atomic E-state index is 0.506. The Balaban J connectivity index is 1.75. The van der Waals surface area contributed by atoms with Crippen molar-refractivity contribution < 1.29 is 0 Å². The molecule has 1 aliphatic rings. The van der Waals surface area contributed by atoms with E-state index in [4.69, 9.17) is 4.98 Å². The molecule has 0 radical (unpaired) electrons. The van der Waals surface area contributed by atoms with Crippen LogP contribution in [0.1, 0.15) is 53.7 Å². The molecule has 1 heterocycles. The number of nitrogens with zero attached hydrogens (tertiary/aromatic N) is 1. The Labute approximate surface area is 125 Å². The van der Waals surface area contributed by atoms with Crippen LogP contribution < -0.4 is 5.32 Å². The maximum absolute atomic E-state index is 4.88. The number of hydrogen-bond acceptors (Lipinski definition) is 3. The van der Waals surface area contributed by atoms with E-state index in [1.165, 1.54) is 34.0 Å². The number of rotatable bonds is 6. The summed E-state index contributed by atoms with van der Waals surface area (Å²) in [4.78, 5) is 6.31. The van der Waals surface area contributed by atoms with Crippen molar-refractivity contribution in [3.8, 4) is 0 Å². The number of thiazole rings is 1.